The molecular formula is C16H19N3O4. The van der Waals surface area contributed by atoms with E-state index in [4.69, 9.17) is 4.74 Å². The predicted octanol–water partition coefficient (Wildman–Crippen LogP) is 2.49. The van der Waals surface area contributed by atoms with Crippen molar-refractivity contribution in [2.24, 2.45) is 0 Å². The highest BCUT2D eigenvalue weighted by Gasteiger charge is 2.29. The first-order valence-corrected chi connectivity index (χ1v) is 7.65. The number of benzene rings is 1. The highest BCUT2D eigenvalue weighted by Crippen LogP contribution is 2.32. The Morgan fingerprint density at radius 3 is 2.83 bits per heavy atom. The SMILES string of the molecule is O=[N+]([O-])c1cnc2ccccc2c1NCCC1(O)CCOCC1. The van der Waals surface area contributed by atoms with E-state index in [0.29, 0.717) is 55.6 Å². The average molecular weight is 317 g/mol. The maximum atomic E-state index is 11.3. The summed E-state index contributed by atoms with van der Waals surface area (Å²) < 4.78 is 5.26. The van der Waals surface area contributed by atoms with Crippen molar-refractivity contribution in [3.05, 3.63) is 40.6 Å². The molecule has 0 aliphatic carbocycles. The molecular weight excluding hydrogens is 298 g/mol. The molecule has 2 N–H and O–H groups in total. The molecule has 7 nitrogen and oxygen atoms in total. The third kappa shape index (κ3) is 3.40. The molecule has 1 aliphatic rings. The van der Waals surface area contributed by atoms with Crippen LogP contribution in [0, 0.1) is 10.1 Å². The van der Waals surface area contributed by atoms with E-state index in [1.54, 1.807) is 6.07 Å². The normalized spacial score (nSPS) is 17.1. The molecule has 122 valence electrons. The van der Waals surface area contributed by atoms with Gasteiger partial charge in [0, 0.05) is 25.1 Å². The lowest BCUT2D eigenvalue weighted by Crippen LogP contribution is -2.37. The standard InChI is InChI=1S/C16H19N3O4/c20-16(6-9-23-10-7-16)5-8-17-15-12-3-1-2-4-13(12)18-11-14(15)19(21)22/h1-4,11,20H,5-10H2,(H,17,18). The Hall–Kier alpha value is -2.25. The van der Waals surface area contributed by atoms with Gasteiger partial charge in [-0.15, -0.1) is 0 Å². The summed E-state index contributed by atoms with van der Waals surface area (Å²) in [5.41, 5.74) is 0.340. The molecule has 23 heavy (non-hydrogen) atoms. The molecule has 0 atom stereocenters. The summed E-state index contributed by atoms with van der Waals surface area (Å²) in [5.74, 6) is 0. The van der Waals surface area contributed by atoms with E-state index in [-0.39, 0.29) is 5.69 Å². The van der Waals surface area contributed by atoms with Crippen molar-refractivity contribution >= 4 is 22.3 Å². The van der Waals surface area contributed by atoms with Crippen LogP contribution in [0.15, 0.2) is 30.5 Å². The monoisotopic (exact) mass is 317 g/mol. The Kier molecular flexibility index (Phi) is 4.40. The number of hydrogen-bond donors (Lipinski definition) is 2. The van der Waals surface area contributed by atoms with Gasteiger partial charge in [-0.05, 0) is 25.3 Å². The third-order valence-electron chi connectivity index (χ3n) is 4.27. The van der Waals surface area contributed by atoms with Crippen molar-refractivity contribution in [1.29, 1.82) is 0 Å². The van der Waals surface area contributed by atoms with Crippen molar-refractivity contribution in [2.75, 3.05) is 25.1 Å². The largest absolute Gasteiger partial charge is 0.390 e. The fourth-order valence-electron chi connectivity index (χ4n) is 2.88. The number of nitrogens with one attached hydrogen (secondary N) is 1. The molecule has 1 aromatic carbocycles. The molecule has 2 heterocycles. The summed E-state index contributed by atoms with van der Waals surface area (Å²) in [5, 5.41) is 25.6. The van der Waals surface area contributed by atoms with Crippen LogP contribution in [-0.2, 0) is 4.74 Å². The number of para-hydroxylation sites is 1. The Balaban J connectivity index is 1.81. The molecule has 1 fully saturated rings. The minimum Gasteiger partial charge on any atom is -0.390 e. The highest BCUT2D eigenvalue weighted by atomic mass is 16.6. The van der Waals surface area contributed by atoms with Crippen LogP contribution >= 0.6 is 0 Å². The summed E-state index contributed by atoms with van der Waals surface area (Å²) in [6.07, 6.45) is 2.97. The van der Waals surface area contributed by atoms with Gasteiger partial charge in [-0.3, -0.25) is 10.1 Å². The zero-order valence-electron chi connectivity index (χ0n) is 12.7. The van der Waals surface area contributed by atoms with Crippen LogP contribution in [-0.4, -0.2) is 40.4 Å². The molecule has 0 bridgehead atoms. The van der Waals surface area contributed by atoms with Crippen LogP contribution < -0.4 is 5.32 Å². The van der Waals surface area contributed by atoms with Gasteiger partial charge in [0.2, 0.25) is 0 Å². The smallest absolute Gasteiger partial charge is 0.311 e. The Morgan fingerprint density at radius 2 is 2.09 bits per heavy atom. The van der Waals surface area contributed by atoms with Crippen molar-refractivity contribution < 1.29 is 14.8 Å². The average Bonchev–Trinajstić information content (AvgIpc) is 2.55. The van der Waals surface area contributed by atoms with E-state index in [1.807, 2.05) is 18.2 Å². The first-order chi connectivity index (χ1) is 11.1. The van der Waals surface area contributed by atoms with Gasteiger partial charge in [0.1, 0.15) is 11.9 Å². The molecule has 0 spiro atoms. The molecule has 1 saturated heterocycles. The van der Waals surface area contributed by atoms with E-state index < -0.39 is 10.5 Å². The summed E-state index contributed by atoms with van der Waals surface area (Å²) >= 11 is 0. The molecule has 0 saturated carbocycles. The molecule has 0 amide bonds. The van der Waals surface area contributed by atoms with Crippen LogP contribution in [0.1, 0.15) is 19.3 Å². The van der Waals surface area contributed by atoms with Gasteiger partial charge < -0.3 is 15.2 Å². The van der Waals surface area contributed by atoms with E-state index in [0.717, 1.165) is 0 Å². The van der Waals surface area contributed by atoms with E-state index in [1.165, 1.54) is 6.20 Å². The lowest BCUT2D eigenvalue weighted by atomic mass is 9.91. The number of ether oxygens (including phenoxy) is 1. The molecule has 0 radical (unpaired) electrons. The molecule has 1 aliphatic heterocycles. The van der Waals surface area contributed by atoms with Crippen molar-refractivity contribution in [1.82, 2.24) is 4.98 Å². The molecule has 2 aromatic rings. The van der Waals surface area contributed by atoms with E-state index in [2.05, 4.69) is 10.3 Å². The number of anilines is 1. The van der Waals surface area contributed by atoms with Crippen molar-refractivity contribution in [2.45, 2.75) is 24.9 Å². The number of aliphatic hydroxyl groups is 1. The number of pyridine rings is 1. The first-order valence-electron chi connectivity index (χ1n) is 7.65. The van der Waals surface area contributed by atoms with Gasteiger partial charge in [0.15, 0.2) is 0 Å². The van der Waals surface area contributed by atoms with Crippen molar-refractivity contribution in [3.63, 3.8) is 0 Å². The van der Waals surface area contributed by atoms with Gasteiger partial charge in [0.05, 0.1) is 16.0 Å². The lowest BCUT2D eigenvalue weighted by molar-refractivity contribution is -0.384. The van der Waals surface area contributed by atoms with E-state index in [9.17, 15) is 15.2 Å². The predicted molar refractivity (Wildman–Crippen MR) is 86.5 cm³/mol. The van der Waals surface area contributed by atoms with Gasteiger partial charge in [-0.25, -0.2) is 4.98 Å². The van der Waals surface area contributed by atoms with Gasteiger partial charge >= 0.3 is 5.69 Å². The third-order valence-corrected chi connectivity index (χ3v) is 4.27. The van der Waals surface area contributed by atoms with Gasteiger partial charge in [-0.1, -0.05) is 18.2 Å². The maximum Gasteiger partial charge on any atom is 0.311 e. The molecule has 0 unspecified atom stereocenters. The topological polar surface area (TPSA) is 97.5 Å². The Bertz CT molecular complexity index is 714. The fourth-order valence-corrected chi connectivity index (χ4v) is 2.88. The van der Waals surface area contributed by atoms with E-state index >= 15 is 0 Å². The zero-order valence-corrected chi connectivity index (χ0v) is 12.7. The number of nitrogens with zero attached hydrogens (tertiary/aromatic N) is 2. The number of aromatic nitrogens is 1. The summed E-state index contributed by atoms with van der Waals surface area (Å²) in [6, 6.07) is 7.29. The Morgan fingerprint density at radius 1 is 1.35 bits per heavy atom. The van der Waals surface area contributed by atoms with Crippen LogP contribution in [0.3, 0.4) is 0 Å². The van der Waals surface area contributed by atoms with Crippen LogP contribution in [0.4, 0.5) is 11.4 Å². The minimum atomic E-state index is -0.761. The van der Waals surface area contributed by atoms with Crippen molar-refractivity contribution in [3.8, 4) is 0 Å². The number of nitro groups is 1. The molecule has 7 heteroatoms. The molecule has 1 aromatic heterocycles. The zero-order chi connectivity index (χ0) is 16.3. The Labute approximate surface area is 133 Å². The summed E-state index contributed by atoms with van der Waals surface area (Å²) in [7, 11) is 0. The second kappa shape index (κ2) is 6.47. The number of hydrogen-bond acceptors (Lipinski definition) is 6. The maximum absolute atomic E-state index is 11.3. The number of fused-ring (bicyclic) bond motifs is 1. The highest BCUT2D eigenvalue weighted by molar-refractivity contribution is 5.95. The second-order valence-electron chi connectivity index (χ2n) is 5.81. The molecule has 3 rings (SSSR count). The van der Waals surface area contributed by atoms with Gasteiger partial charge in [0.25, 0.3) is 0 Å². The van der Waals surface area contributed by atoms with Crippen LogP contribution in [0.25, 0.3) is 10.9 Å². The lowest BCUT2D eigenvalue weighted by Gasteiger charge is -2.32. The quantitative estimate of drug-likeness (QED) is 0.649. The van der Waals surface area contributed by atoms with Crippen LogP contribution in [0.5, 0.6) is 0 Å². The summed E-state index contributed by atoms with van der Waals surface area (Å²) in [4.78, 5) is 14.9. The first kappa shape index (κ1) is 15.6. The van der Waals surface area contributed by atoms with Crippen LogP contribution in [0.2, 0.25) is 0 Å². The minimum absolute atomic E-state index is 0.0531. The van der Waals surface area contributed by atoms with Gasteiger partial charge in [-0.2, -0.15) is 0 Å². The number of rotatable bonds is 5. The fraction of sp³-hybridized carbons (Fsp3) is 0.438. The second-order valence-corrected chi connectivity index (χ2v) is 5.81. The summed E-state index contributed by atoms with van der Waals surface area (Å²) in [6.45, 7) is 1.55.